The number of hydrogen-bond donors (Lipinski definition) is 1. The van der Waals surface area contributed by atoms with Crippen molar-refractivity contribution in [3.63, 3.8) is 0 Å². The van der Waals surface area contributed by atoms with Crippen molar-refractivity contribution in [2.24, 2.45) is 0 Å². The number of aryl methyl sites for hydroxylation is 1. The first kappa shape index (κ1) is 26.6. The molecule has 0 fully saturated rings. The second-order valence-corrected chi connectivity index (χ2v) is 12.1. The van der Waals surface area contributed by atoms with Crippen molar-refractivity contribution in [3.05, 3.63) is 65.8 Å². The van der Waals surface area contributed by atoms with E-state index in [1.807, 2.05) is 4.57 Å². The molecule has 0 atom stereocenters. The summed E-state index contributed by atoms with van der Waals surface area (Å²) in [6.45, 7) is 1.78. The molecule has 218 valence electrons. The number of halogens is 1. The lowest BCUT2D eigenvalue weighted by Gasteiger charge is -2.23. The zero-order chi connectivity index (χ0) is 30.2. The van der Waals surface area contributed by atoms with Crippen LogP contribution in [0, 0.1) is 12.7 Å². The van der Waals surface area contributed by atoms with E-state index in [1.54, 1.807) is 43.3 Å². The summed E-state index contributed by atoms with van der Waals surface area (Å²) in [5.74, 6) is -0.0442. The highest BCUT2D eigenvalue weighted by Gasteiger charge is 2.29. The molecule has 12 nitrogen and oxygen atoms in total. The summed E-state index contributed by atoms with van der Waals surface area (Å²) in [4.78, 5) is 18.0. The van der Waals surface area contributed by atoms with E-state index in [1.165, 1.54) is 26.2 Å². The SMILES string of the molecule is CNC(=O)c1c(-c2nnc(C)o2)oc2cc(N(C)S(C)(=O)=O)c(-c3ccc4c(n3)-c3cc5c(F)cccc5n3CO4)cc12. The monoisotopic (exact) mass is 602 g/mol. The number of carbonyl (C=O) groups is 1. The van der Waals surface area contributed by atoms with Crippen molar-refractivity contribution in [2.45, 2.75) is 13.7 Å². The Hall–Kier alpha value is -5.24. The van der Waals surface area contributed by atoms with E-state index in [-0.39, 0.29) is 46.9 Å². The van der Waals surface area contributed by atoms with Gasteiger partial charge in [0.1, 0.15) is 22.8 Å². The number of carbonyl (C=O) groups excluding carboxylic acids is 1. The number of rotatable bonds is 5. The van der Waals surface area contributed by atoms with Crippen LogP contribution in [0.4, 0.5) is 10.1 Å². The third-order valence-electron chi connectivity index (χ3n) is 7.44. The quantitative estimate of drug-likeness (QED) is 0.296. The molecule has 43 heavy (non-hydrogen) atoms. The molecule has 1 aliphatic heterocycles. The summed E-state index contributed by atoms with van der Waals surface area (Å²) < 4.78 is 60.6. The van der Waals surface area contributed by atoms with Gasteiger partial charge in [-0.05, 0) is 36.4 Å². The van der Waals surface area contributed by atoms with Crippen molar-refractivity contribution in [2.75, 3.05) is 24.7 Å². The molecule has 2 aromatic carbocycles. The molecule has 5 heterocycles. The number of nitrogens with one attached hydrogen (secondary N) is 1. The van der Waals surface area contributed by atoms with Gasteiger partial charge in [0.15, 0.2) is 6.73 Å². The number of fused-ring (bicyclic) bond motifs is 6. The summed E-state index contributed by atoms with van der Waals surface area (Å²) in [7, 11) is -0.857. The van der Waals surface area contributed by atoms with Crippen LogP contribution >= 0.6 is 0 Å². The largest absolute Gasteiger partial charge is 0.470 e. The summed E-state index contributed by atoms with van der Waals surface area (Å²) in [6, 6.07) is 13.1. The van der Waals surface area contributed by atoms with Gasteiger partial charge in [0.05, 0.1) is 34.4 Å². The Morgan fingerprint density at radius 3 is 2.63 bits per heavy atom. The molecule has 7 rings (SSSR count). The molecule has 0 radical (unpaired) electrons. The van der Waals surface area contributed by atoms with E-state index in [2.05, 4.69) is 15.5 Å². The fraction of sp³-hybridized carbons (Fsp3) is 0.172. The zero-order valence-corrected chi connectivity index (χ0v) is 24.1. The van der Waals surface area contributed by atoms with Gasteiger partial charge in [-0.15, -0.1) is 10.2 Å². The number of ether oxygens (including phenoxy) is 1. The van der Waals surface area contributed by atoms with Gasteiger partial charge in [-0.3, -0.25) is 9.10 Å². The molecule has 4 aromatic heterocycles. The van der Waals surface area contributed by atoms with Crippen molar-refractivity contribution in [1.29, 1.82) is 0 Å². The summed E-state index contributed by atoms with van der Waals surface area (Å²) in [5.41, 5.74) is 3.12. The number of aromatic nitrogens is 4. The van der Waals surface area contributed by atoms with E-state index >= 15 is 0 Å². The fourth-order valence-electron chi connectivity index (χ4n) is 5.28. The molecule has 0 bridgehead atoms. The van der Waals surface area contributed by atoms with Crippen LogP contribution in [-0.2, 0) is 16.8 Å². The summed E-state index contributed by atoms with van der Waals surface area (Å²) in [5, 5.41) is 11.3. The van der Waals surface area contributed by atoms with Gasteiger partial charge < -0.3 is 23.5 Å². The normalized spacial score (nSPS) is 12.7. The average Bonchev–Trinajstić information content (AvgIpc) is 3.70. The van der Waals surface area contributed by atoms with Gasteiger partial charge in [0.2, 0.25) is 21.7 Å². The van der Waals surface area contributed by atoms with Crippen LogP contribution in [0.3, 0.4) is 0 Å². The molecular formula is C29H23FN6O6S. The van der Waals surface area contributed by atoms with Gasteiger partial charge in [-0.1, -0.05) is 6.07 Å². The lowest BCUT2D eigenvalue weighted by molar-refractivity contribution is 0.0964. The third kappa shape index (κ3) is 4.13. The molecule has 0 unspecified atom stereocenters. The zero-order valence-electron chi connectivity index (χ0n) is 23.3. The van der Waals surface area contributed by atoms with Crippen LogP contribution in [-0.4, -0.2) is 54.4 Å². The van der Waals surface area contributed by atoms with Gasteiger partial charge in [0.25, 0.3) is 11.8 Å². The Morgan fingerprint density at radius 1 is 1.09 bits per heavy atom. The number of nitrogens with zero attached hydrogens (tertiary/aromatic N) is 5. The first-order chi connectivity index (χ1) is 20.5. The molecule has 0 saturated carbocycles. The van der Waals surface area contributed by atoms with Gasteiger partial charge in [-0.25, -0.2) is 17.8 Å². The Bertz CT molecular complexity index is 2240. The van der Waals surface area contributed by atoms with Crippen LogP contribution < -0.4 is 14.4 Å². The van der Waals surface area contributed by atoms with Crippen molar-refractivity contribution in [3.8, 4) is 40.0 Å². The highest BCUT2D eigenvalue weighted by Crippen LogP contribution is 2.43. The highest BCUT2D eigenvalue weighted by atomic mass is 32.2. The van der Waals surface area contributed by atoms with Crippen molar-refractivity contribution < 1.29 is 31.2 Å². The van der Waals surface area contributed by atoms with Gasteiger partial charge in [-0.2, -0.15) is 0 Å². The Balaban J connectivity index is 1.50. The van der Waals surface area contributed by atoms with Crippen LogP contribution in [0.1, 0.15) is 16.2 Å². The Labute approximate surface area is 243 Å². The standard InChI is InChI=1S/C29H23FN6O6S/c1-14-33-34-29(41-14)27-25(28(37)31-2)17-10-16(21(12-24(17)42-27)35(3)43(4,38)39)19-8-9-23-26(32-19)22-11-15-18(30)6-5-7-20(15)36(22)13-40-23/h5-12H,13H2,1-4H3,(H,31,37). The van der Waals surface area contributed by atoms with Crippen LogP contribution in [0.25, 0.3) is 56.2 Å². The maximum Gasteiger partial charge on any atom is 0.284 e. The van der Waals surface area contributed by atoms with Gasteiger partial charge in [0, 0.05) is 43.4 Å². The molecule has 1 aliphatic rings. The number of amides is 1. The predicted molar refractivity (Wildman–Crippen MR) is 156 cm³/mol. The first-order valence-electron chi connectivity index (χ1n) is 13.0. The van der Waals surface area contributed by atoms with Crippen molar-refractivity contribution >= 4 is 43.5 Å². The number of hydrogen-bond acceptors (Lipinski definition) is 9. The molecule has 0 aliphatic carbocycles. The lowest BCUT2D eigenvalue weighted by atomic mass is 10.0. The van der Waals surface area contributed by atoms with E-state index in [0.29, 0.717) is 44.7 Å². The molecule has 1 amide bonds. The van der Waals surface area contributed by atoms with E-state index in [4.69, 9.17) is 18.6 Å². The van der Waals surface area contributed by atoms with E-state index in [0.717, 1.165) is 10.6 Å². The molecular weight excluding hydrogens is 579 g/mol. The van der Waals surface area contributed by atoms with Crippen LogP contribution in [0.5, 0.6) is 5.75 Å². The first-order valence-corrected chi connectivity index (χ1v) is 14.9. The maximum atomic E-state index is 14.7. The minimum absolute atomic E-state index is 0.00372. The molecule has 0 spiro atoms. The second-order valence-electron chi connectivity index (χ2n) is 10.1. The molecule has 1 N–H and O–H groups in total. The third-order valence-corrected chi connectivity index (χ3v) is 8.63. The highest BCUT2D eigenvalue weighted by molar-refractivity contribution is 7.92. The van der Waals surface area contributed by atoms with Crippen LogP contribution in [0.2, 0.25) is 0 Å². The number of pyridine rings is 1. The average molecular weight is 603 g/mol. The minimum atomic E-state index is -3.74. The topological polar surface area (TPSA) is 146 Å². The summed E-state index contributed by atoms with van der Waals surface area (Å²) in [6.07, 6.45) is 1.08. The Kier molecular flexibility index (Phi) is 5.82. The Morgan fingerprint density at radius 2 is 1.91 bits per heavy atom. The smallest absolute Gasteiger partial charge is 0.284 e. The maximum absolute atomic E-state index is 14.7. The number of benzene rings is 2. The van der Waals surface area contributed by atoms with Crippen LogP contribution in [0.15, 0.2) is 57.4 Å². The molecule has 6 aromatic rings. The van der Waals surface area contributed by atoms with Gasteiger partial charge >= 0.3 is 0 Å². The minimum Gasteiger partial charge on any atom is -0.470 e. The number of furan rings is 1. The lowest BCUT2D eigenvalue weighted by Crippen LogP contribution is -2.25. The van der Waals surface area contributed by atoms with Crippen molar-refractivity contribution in [1.82, 2.24) is 25.1 Å². The number of sulfonamides is 1. The van der Waals surface area contributed by atoms with E-state index in [9.17, 15) is 17.6 Å². The summed E-state index contributed by atoms with van der Waals surface area (Å²) >= 11 is 0. The molecule has 14 heteroatoms. The van der Waals surface area contributed by atoms with E-state index < -0.39 is 15.9 Å². The fourth-order valence-corrected chi connectivity index (χ4v) is 5.79. The second kappa shape index (κ2) is 9.39. The molecule has 0 saturated heterocycles. The predicted octanol–water partition coefficient (Wildman–Crippen LogP) is 4.72. The number of anilines is 1.